The Bertz CT molecular complexity index is 1850. The van der Waals surface area contributed by atoms with Gasteiger partial charge in [0.25, 0.3) is 0 Å². The highest BCUT2D eigenvalue weighted by molar-refractivity contribution is 7.47. The molecule has 0 aliphatic rings. The lowest BCUT2D eigenvalue weighted by molar-refractivity contribution is -0.870. The first-order valence-electron chi connectivity index (χ1n) is 41.7. The predicted molar refractivity (Wildman–Crippen MR) is 418 cm³/mol. The molecule has 96 heavy (non-hydrogen) atoms. The van der Waals surface area contributed by atoms with Crippen LogP contribution in [-0.2, 0) is 32.7 Å². The van der Waals surface area contributed by atoms with Crippen molar-refractivity contribution >= 4 is 19.8 Å². The smallest absolute Gasteiger partial charge is 0.462 e. The molecule has 0 aromatic heterocycles. The Labute approximate surface area is 597 Å². The SMILES string of the molecule is CC/C=C\C/C=C\C/C=C\C/C=C\C/C=C\C/C=C\CCCCCCCCCCCCCCC(=O)OC(COC(=O)CCCCCCCCCCCCCCCCCCCCCCCCCCCCCCCCCCCCCCCCCCC)COP(=O)(O)OCC[N+](C)(C)C. The zero-order valence-electron chi connectivity index (χ0n) is 64.4. The number of esters is 2. The summed E-state index contributed by atoms with van der Waals surface area (Å²) in [7, 11) is 1.49. The van der Waals surface area contributed by atoms with E-state index < -0.39 is 26.5 Å². The minimum atomic E-state index is -4.40. The van der Waals surface area contributed by atoms with Crippen LogP contribution < -0.4 is 0 Å². The van der Waals surface area contributed by atoms with Gasteiger partial charge < -0.3 is 18.9 Å². The van der Waals surface area contributed by atoms with Crippen molar-refractivity contribution in [3.63, 3.8) is 0 Å². The molecule has 2 unspecified atom stereocenters. The minimum absolute atomic E-state index is 0.0311. The Morgan fingerprint density at radius 1 is 0.333 bits per heavy atom. The Morgan fingerprint density at radius 3 is 0.885 bits per heavy atom. The number of likely N-dealkylation sites (N-methyl/N-ethyl adjacent to an activating group) is 1. The number of phosphoric ester groups is 1. The lowest BCUT2D eigenvalue weighted by Gasteiger charge is -2.24. The van der Waals surface area contributed by atoms with Gasteiger partial charge in [0.15, 0.2) is 6.10 Å². The maximum atomic E-state index is 12.9. The van der Waals surface area contributed by atoms with Gasteiger partial charge >= 0.3 is 19.8 Å². The fourth-order valence-corrected chi connectivity index (χ4v) is 13.2. The molecule has 0 aromatic rings. The first kappa shape index (κ1) is 93.5. The van der Waals surface area contributed by atoms with Crippen LogP contribution in [0.25, 0.3) is 0 Å². The second-order valence-electron chi connectivity index (χ2n) is 29.5. The van der Waals surface area contributed by atoms with E-state index in [0.29, 0.717) is 23.9 Å². The number of hydrogen-bond acceptors (Lipinski definition) is 7. The molecule has 0 amide bonds. The van der Waals surface area contributed by atoms with Gasteiger partial charge in [-0.2, -0.15) is 0 Å². The summed E-state index contributed by atoms with van der Waals surface area (Å²) in [4.78, 5) is 36.0. The molecular weight excluding hydrogens is 1210 g/mol. The molecule has 0 heterocycles. The molecule has 10 heteroatoms. The average molecular weight is 1370 g/mol. The molecule has 0 aliphatic carbocycles. The van der Waals surface area contributed by atoms with E-state index in [1.807, 2.05) is 21.1 Å². The Hall–Kier alpha value is -2.55. The van der Waals surface area contributed by atoms with Gasteiger partial charge in [0, 0.05) is 12.8 Å². The molecule has 0 aromatic carbocycles. The van der Waals surface area contributed by atoms with Gasteiger partial charge in [-0.25, -0.2) is 4.57 Å². The van der Waals surface area contributed by atoms with Crippen LogP contribution in [0.4, 0.5) is 0 Å². The van der Waals surface area contributed by atoms with E-state index in [-0.39, 0.29) is 25.6 Å². The predicted octanol–water partition coefficient (Wildman–Crippen LogP) is 27.8. The average Bonchev–Trinajstić information content (AvgIpc) is 1.97. The number of hydrogen-bond donors (Lipinski definition) is 1. The Morgan fingerprint density at radius 2 is 0.594 bits per heavy atom. The van der Waals surface area contributed by atoms with E-state index in [4.69, 9.17) is 18.5 Å². The van der Waals surface area contributed by atoms with Gasteiger partial charge in [0.2, 0.25) is 0 Å². The van der Waals surface area contributed by atoms with Crippen LogP contribution in [0.15, 0.2) is 72.9 Å². The van der Waals surface area contributed by atoms with Crippen molar-refractivity contribution in [2.45, 2.75) is 418 Å². The summed E-state index contributed by atoms with van der Waals surface area (Å²) in [6.45, 7) is 4.38. The third-order valence-corrected chi connectivity index (χ3v) is 19.7. The third kappa shape index (κ3) is 80.4. The van der Waals surface area contributed by atoms with Crippen LogP contribution in [0.5, 0.6) is 0 Å². The zero-order valence-corrected chi connectivity index (χ0v) is 65.3. The normalized spacial score (nSPS) is 13.4. The summed E-state index contributed by atoms with van der Waals surface area (Å²) in [5.74, 6) is -0.783. The van der Waals surface area contributed by atoms with Crippen LogP contribution in [0.2, 0.25) is 0 Å². The molecule has 0 radical (unpaired) electrons. The summed E-state index contributed by atoms with van der Waals surface area (Å²) >= 11 is 0. The number of carbonyl (C=O) groups excluding carboxylic acids is 2. The van der Waals surface area contributed by atoms with Crippen molar-refractivity contribution in [3.05, 3.63) is 72.9 Å². The topological polar surface area (TPSA) is 108 Å². The largest absolute Gasteiger partial charge is 0.472 e. The van der Waals surface area contributed by atoms with Crippen LogP contribution >= 0.6 is 7.82 Å². The summed E-state index contributed by atoms with van der Waals surface area (Å²) in [6.07, 6.45) is 105. The number of nitrogens with zero attached hydrogens (tertiary/aromatic N) is 1. The highest BCUT2D eigenvalue weighted by atomic mass is 31.2. The summed E-state index contributed by atoms with van der Waals surface area (Å²) in [5.41, 5.74) is 0. The second kappa shape index (κ2) is 76.6. The van der Waals surface area contributed by atoms with Crippen molar-refractivity contribution in [2.24, 2.45) is 0 Å². The van der Waals surface area contributed by atoms with E-state index >= 15 is 0 Å². The van der Waals surface area contributed by atoms with E-state index in [1.165, 1.54) is 302 Å². The van der Waals surface area contributed by atoms with E-state index in [2.05, 4.69) is 86.8 Å². The van der Waals surface area contributed by atoms with Crippen molar-refractivity contribution in [3.8, 4) is 0 Å². The number of rotatable bonds is 78. The highest BCUT2D eigenvalue weighted by Gasteiger charge is 2.27. The van der Waals surface area contributed by atoms with Gasteiger partial charge in [-0.1, -0.05) is 408 Å². The molecular formula is C86H161NO8P+. The molecule has 0 saturated heterocycles. The molecule has 562 valence electrons. The van der Waals surface area contributed by atoms with Gasteiger partial charge in [0.05, 0.1) is 27.7 Å². The van der Waals surface area contributed by atoms with Crippen LogP contribution in [0.1, 0.15) is 412 Å². The number of allylic oxidation sites excluding steroid dienone is 12. The lowest BCUT2D eigenvalue weighted by atomic mass is 10.0. The molecule has 0 rings (SSSR count). The Balaban J connectivity index is 3.89. The molecule has 0 saturated carbocycles. The highest BCUT2D eigenvalue weighted by Crippen LogP contribution is 2.43. The van der Waals surface area contributed by atoms with E-state index in [0.717, 1.165) is 77.0 Å². The zero-order chi connectivity index (χ0) is 69.7. The van der Waals surface area contributed by atoms with Crippen molar-refractivity contribution in [2.75, 3.05) is 47.5 Å². The van der Waals surface area contributed by atoms with Crippen LogP contribution in [0, 0.1) is 0 Å². The maximum Gasteiger partial charge on any atom is 0.472 e. The fraction of sp³-hybridized carbons (Fsp3) is 0.837. The second-order valence-corrected chi connectivity index (χ2v) is 30.9. The minimum Gasteiger partial charge on any atom is -0.462 e. The molecule has 0 aliphatic heterocycles. The summed E-state index contributed by atoms with van der Waals surface area (Å²) in [6, 6.07) is 0. The number of ether oxygens (including phenoxy) is 2. The van der Waals surface area contributed by atoms with Gasteiger partial charge in [0.1, 0.15) is 19.8 Å². The number of quaternary nitrogens is 1. The van der Waals surface area contributed by atoms with E-state index in [1.54, 1.807) is 0 Å². The monoisotopic (exact) mass is 1370 g/mol. The molecule has 0 fully saturated rings. The number of carbonyl (C=O) groups is 2. The van der Waals surface area contributed by atoms with Crippen molar-refractivity contribution < 1.29 is 42.1 Å². The van der Waals surface area contributed by atoms with Crippen LogP contribution in [0.3, 0.4) is 0 Å². The first-order valence-corrected chi connectivity index (χ1v) is 43.2. The summed E-state index contributed by atoms with van der Waals surface area (Å²) < 4.78 is 34.8. The van der Waals surface area contributed by atoms with Gasteiger partial charge in [-0.15, -0.1) is 0 Å². The molecule has 1 N–H and O–H groups in total. The van der Waals surface area contributed by atoms with Crippen molar-refractivity contribution in [1.29, 1.82) is 0 Å². The Kier molecular flexibility index (Phi) is 74.6. The van der Waals surface area contributed by atoms with Crippen LogP contribution in [-0.4, -0.2) is 74.9 Å². The molecule has 9 nitrogen and oxygen atoms in total. The van der Waals surface area contributed by atoms with Crippen molar-refractivity contribution in [1.82, 2.24) is 0 Å². The quantitative estimate of drug-likeness (QED) is 0.0211. The van der Waals surface area contributed by atoms with Gasteiger partial charge in [-0.05, 0) is 64.2 Å². The lowest BCUT2D eigenvalue weighted by Crippen LogP contribution is -2.37. The summed E-state index contributed by atoms with van der Waals surface area (Å²) in [5, 5.41) is 0. The fourth-order valence-electron chi connectivity index (χ4n) is 12.4. The number of phosphoric acid groups is 1. The molecule has 2 atom stereocenters. The third-order valence-electron chi connectivity index (χ3n) is 18.8. The molecule has 0 bridgehead atoms. The standard InChI is InChI=1S/C86H160NO8P/c1-6-8-10-12-14-16-18-20-22-24-26-28-30-32-34-36-38-39-40-41-42-43-44-45-46-47-49-50-52-54-56-58-60-62-64-66-68-70-72-74-76-78-85(88)92-82-84(83-94-96(90,91)93-81-80-87(3,4)5)95-86(89)79-77-75-73-71-69-67-65-63-61-59-57-55-53-51-48-37-35-33-31-29-27-25-23-21-19-17-15-13-11-9-7-2/h9,11,15,17,21,23,27,29,33,35,48,51,84H,6-8,10,12-14,16,18-20,22,24-26,28,30-32,34,36-47,49-50,52-83H2,1-5H3/p+1/b11-9-,17-15-,23-21-,29-27-,35-33-,51-48-. The van der Waals surface area contributed by atoms with Gasteiger partial charge in [-0.3, -0.25) is 18.6 Å². The van der Waals surface area contributed by atoms with E-state index in [9.17, 15) is 19.0 Å². The first-order chi connectivity index (χ1) is 47.0. The maximum absolute atomic E-state index is 12.9. The number of unbranched alkanes of at least 4 members (excludes halogenated alkanes) is 52. The molecule has 0 spiro atoms.